The van der Waals surface area contributed by atoms with Gasteiger partial charge in [0.2, 0.25) is 6.10 Å². The van der Waals surface area contributed by atoms with Crippen LogP contribution in [0.5, 0.6) is 0 Å². The Morgan fingerprint density at radius 3 is 2.32 bits per heavy atom. The molecule has 37 heavy (non-hydrogen) atoms. The fourth-order valence-electron chi connectivity index (χ4n) is 4.41. The maximum Gasteiger partial charge on any atom is 0.490 e. The van der Waals surface area contributed by atoms with E-state index in [9.17, 15) is 31.5 Å². The van der Waals surface area contributed by atoms with Crippen molar-refractivity contribution in [2.45, 2.75) is 57.0 Å². The van der Waals surface area contributed by atoms with E-state index < -0.39 is 47.4 Å². The van der Waals surface area contributed by atoms with Gasteiger partial charge in [-0.15, -0.1) is 0 Å². The summed E-state index contributed by atoms with van der Waals surface area (Å²) in [4.78, 5) is 28.9. The number of benzene rings is 2. The number of aromatic nitrogens is 1. The molecule has 2 aromatic carbocycles. The van der Waals surface area contributed by atoms with Crippen LogP contribution < -0.4 is 10.6 Å². The molecule has 0 saturated heterocycles. The quantitative estimate of drug-likeness (QED) is 0.331. The number of nitrogens with one attached hydrogen (secondary N) is 2. The van der Waals surface area contributed by atoms with Crippen LogP contribution in [0.25, 0.3) is 10.9 Å². The second-order valence-electron chi connectivity index (χ2n) is 9.00. The molecular formula is C26H24F5N3O3. The highest BCUT2D eigenvalue weighted by atomic mass is 19.4. The molecule has 196 valence electrons. The summed E-state index contributed by atoms with van der Waals surface area (Å²) in [7, 11) is 0. The molecular weight excluding hydrogens is 497 g/mol. The van der Waals surface area contributed by atoms with Crippen molar-refractivity contribution in [3.05, 3.63) is 71.3 Å². The number of rotatable bonds is 6. The molecule has 4 rings (SSSR count). The molecule has 0 radical (unpaired) electrons. The van der Waals surface area contributed by atoms with Gasteiger partial charge in [-0.05, 0) is 62.4 Å². The molecule has 0 spiro atoms. The Hall–Kier alpha value is -3.76. The Balaban J connectivity index is 1.39. The Morgan fingerprint density at radius 1 is 0.973 bits per heavy atom. The first-order valence-corrected chi connectivity index (χ1v) is 11.7. The molecule has 0 aliphatic heterocycles. The van der Waals surface area contributed by atoms with E-state index in [-0.39, 0.29) is 6.04 Å². The normalized spacial score (nSPS) is 18.8. The van der Waals surface area contributed by atoms with E-state index in [1.165, 1.54) is 0 Å². The maximum atomic E-state index is 13.7. The number of hydrogen-bond donors (Lipinski definition) is 2. The van der Waals surface area contributed by atoms with Crippen LogP contribution in [0, 0.1) is 18.6 Å². The van der Waals surface area contributed by atoms with Crippen molar-refractivity contribution in [1.29, 1.82) is 0 Å². The molecule has 6 nitrogen and oxygen atoms in total. The van der Waals surface area contributed by atoms with Crippen LogP contribution in [0.2, 0.25) is 0 Å². The third kappa shape index (κ3) is 6.33. The van der Waals surface area contributed by atoms with Gasteiger partial charge in [-0.3, -0.25) is 4.79 Å². The van der Waals surface area contributed by atoms with Gasteiger partial charge in [-0.25, -0.2) is 18.6 Å². The number of para-hydroxylation sites is 1. The fourth-order valence-corrected chi connectivity index (χ4v) is 4.41. The lowest BCUT2D eigenvalue weighted by molar-refractivity contribution is -0.205. The minimum atomic E-state index is -5.37. The highest BCUT2D eigenvalue weighted by molar-refractivity contribution is 5.86. The van der Waals surface area contributed by atoms with Crippen molar-refractivity contribution in [2.75, 3.05) is 5.32 Å². The summed E-state index contributed by atoms with van der Waals surface area (Å²) >= 11 is 0. The Morgan fingerprint density at radius 2 is 1.65 bits per heavy atom. The second kappa shape index (κ2) is 10.7. The van der Waals surface area contributed by atoms with E-state index in [1.54, 1.807) is 0 Å². The molecule has 3 aromatic rings. The average molecular weight is 521 g/mol. The molecule has 1 aliphatic carbocycles. The number of hydrogen-bond acceptors (Lipinski definition) is 5. The van der Waals surface area contributed by atoms with Gasteiger partial charge in [-0.1, -0.05) is 24.3 Å². The van der Waals surface area contributed by atoms with E-state index in [4.69, 9.17) is 0 Å². The predicted molar refractivity (Wildman–Crippen MR) is 126 cm³/mol. The number of halogens is 5. The van der Waals surface area contributed by atoms with Crippen molar-refractivity contribution in [1.82, 2.24) is 10.3 Å². The second-order valence-corrected chi connectivity index (χ2v) is 9.00. The first kappa shape index (κ1) is 26.3. The third-order valence-corrected chi connectivity index (χ3v) is 6.29. The summed E-state index contributed by atoms with van der Waals surface area (Å²) in [5.41, 5.74) is 1.52. The molecule has 1 aromatic heterocycles. The van der Waals surface area contributed by atoms with E-state index >= 15 is 0 Å². The monoisotopic (exact) mass is 521 g/mol. The van der Waals surface area contributed by atoms with Gasteiger partial charge in [0.25, 0.3) is 5.91 Å². The summed E-state index contributed by atoms with van der Waals surface area (Å²) in [6.07, 6.45) is -5.20. The largest absolute Gasteiger partial charge is 0.490 e. The number of carbonyl (C=O) groups is 2. The fraction of sp³-hybridized carbons (Fsp3) is 0.346. The van der Waals surface area contributed by atoms with E-state index in [2.05, 4.69) is 20.4 Å². The predicted octanol–water partition coefficient (Wildman–Crippen LogP) is 5.51. The molecule has 1 amide bonds. The lowest BCUT2D eigenvalue weighted by Crippen LogP contribution is -2.43. The van der Waals surface area contributed by atoms with Gasteiger partial charge in [-0.2, -0.15) is 13.2 Å². The summed E-state index contributed by atoms with van der Waals surface area (Å²) < 4.78 is 69.7. The Labute approximate surface area is 209 Å². The summed E-state index contributed by atoms with van der Waals surface area (Å²) in [5, 5.41) is 7.03. The number of ether oxygens (including phenoxy) is 1. The van der Waals surface area contributed by atoms with Gasteiger partial charge in [0, 0.05) is 23.0 Å². The topological polar surface area (TPSA) is 80.3 Å². The highest BCUT2D eigenvalue weighted by Crippen LogP contribution is 2.28. The van der Waals surface area contributed by atoms with Crippen LogP contribution in [-0.4, -0.2) is 35.1 Å². The molecule has 11 heteroatoms. The van der Waals surface area contributed by atoms with Gasteiger partial charge >= 0.3 is 12.1 Å². The lowest BCUT2D eigenvalue weighted by Gasteiger charge is -2.31. The van der Waals surface area contributed by atoms with Gasteiger partial charge in [0.15, 0.2) is 11.6 Å². The van der Waals surface area contributed by atoms with Crippen LogP contribution in [0.4, 0.5) is 27.8 Å². The van der Waals surface area contributed by atoms with E-state index in [1.807, 2.05) is 37.3 Å². The molecule has 1 heterocycles. The zero-order chi connectivity index (χ0) is 26.7. The minimum absolute atomic E-state index is 0.0614. The summed E-state index contributed by atoms with van der Waals surface area (Å²) in [6.45, 7) is 2.00. The number of nitrogens with zero attached hydrogens (tertiary/aromatic N) is 1. The van der Waals surface area contributed by atoms with Crippen molar-refractivity contribution >= 4 is 28.6 Å². The SMILES string of the molecule is Cc1cc(NC2CCC(NC(=O)C(OC(=O)C(F)(F)F)c3ccc(F)c(F)c3)CC2)nc2ccccc12. The summed E-state index contributed by atoms with van der Waals surface area (Å²) in [6, 6.07) is 11.5. The van der Waals surface area contributed by atoms with Crippen LogP contribution in [-0.2, 0) is 14.3 Å². The molecule has 2 N–H and O–H groups in total. The number of pyridine rings is 1. The first-order valence-electron chi connectivity index (χ1n) is 11.7. The van der Waals surface area contributed by atoms with Crippen LogP contribution in [0.1, 0.15) is 42.9 Å². The Bertz CT molecular complexity index is 1310. The molecule has 1 saturated carbocycles. The lowest BCUT2D eigenvalue weighted by atomic mass is 9.90. The number of anilines is 1. The zero-order valence-electron chi connectivity index (χ0n) is 19.7. The minimum Gasteiger partial charge on any atom is -0.441 e. The van der Waals surface area contributed by atoms with Crippen LogP contribution in [0.3, 0.4) is 0 Å². The van der Waals surface area contributed by atoms with Gasteiger partial charge in [0.1, 0.15) is 5.82 Å². The molecule has 1 unspecified atom stereocenters. The van der Waals surface area contributed by atoms with Crippen molar-refractivity contribution in [2.24, 2.45) is 0 Å². The van der Waals surface area contributed by atoms with E-state index in [0.717, 1.165) is 28.4 Å². The number of carbonyl (C=O) groups excluding carboxylic acids is 2. The summed E-state index contributed by atoms with van der Waals surface area (Å²) in [5.74, 6) is -5.58. The van der Waals surface area contributed by atoms with Gasteiger partial charge in [0.05, 0.1) is 5.52 Å². The van der Waals surface area contributed by atoms with Crippen molar-refractivity contribution in [3.8, 4) is 0 Å². The van der Waals surface area contributed by atoms with Gasteiger partial charge < -0.3 is 15.4 Å². The average Bonchev–Trinajstić information content (AvgIpc) is 2.85. The molecule has 0 bridgehead atoms. The van der Waals surface area contributed by atoms with E-state index in [0.29, 0.717) is 37.8 Å². The molecule has 1 atom stereocenters. The number of amides is 1. The number of fused-ring (bicyclic) bond motifs is 1. The third-order valence-electron chi connectivity index (χ3n) is 6.29. The molecule has 1 fully saturated rings. The Kier molecular flexibility index (Phi) is 7.60. The smallest absolute Gasteiger partial charge is 0.441 e. The van der Waals surface area contributed by atoms with Crippen LogP contribution in [0.15, 0.2) is 48.5 Å². The molecule has 1 aliphatic rings. The number of aryl methyl sites for hydroxylation is 1. The maximum absolute atomic E-state index is 13.7. The first-order chi connectivity index (χ1) is 17.5. The van der Waals surface area contributed by atoms with Crippen molar-refractivity contribution in [3.63, 3.8) is 0 Å². The zero-order valence-corrected chi connectivity index (χ0v) is 19.7. The standard InChI is InChI=1S/C26H24F5N3O3/c1-14-12-22(34-21-5-3-2-4-18(14)21)32-16-7-9-17(10-8-16)33-24(35)23(37-25(36)26(29,30)31)15-6-11-19(27)20(28)13-15/h2-6,11-13,16-17,23H,7-10H2,1H3,(H,32,34)(H,33,35). The number of esters is 1. The van der Waals surface area contributed by atoms with Crippen molar-refractivity contribution < 1.29 is 36.3 Å². The van der Waals surface area contributed by atoms with Crippen LogP contribution >= 0.6 is 0 Å². The number of alkyl halides is 3. The highest BCUT2D eigenvalue weighted by Gasteiger charge is 2.44.